The number of nitrogens with zero attached hydrogens (tertiary/aromatic N) is 4. The number of carbonyl (C=O) groups is 3. The Morgan fingerprint density at radius 3 is 1.69 bits per heavy atom. The van der Waals surface area contributed by atoms with Gasteiger partial charge < -0.3 is 19.6 Å². The fourth-order valence-corrected chi connectivity index (χ4v) is 3.48. The van der Waals surface area contributed by atoms with E-state index in [0.29, 0.717) is 39.3 Å². The minimum atomic E-state index is -0.135. The predicted molar refractivity (Wildman–Crippen MR) is 98.7 cm³/mol. The standard InChI is InChI=1S/C19H26N4O3/c1-16(24)20-7-11-22(12-8-20)18(25)15-19(26)23-13-9-21(10-14-23)17-5-3-2-4-6-17/h2-6H,7-15H2,1H3. The van der Waals surface area contributed by atoms with Crippen LogP contribution in [0.3, 0.4) is 0 Å². The van der Waals surface area contributed by atoms with Gasteiger partial charge in [0.1, 0.15) is 6.42 Å². The Bertz CT molecular complexity index is 648. The van der Waals surface area contributed by atoms with Gasteiger partial charge >= 0.3 is 0 Å². The molecule has 7 heteroatoms. The maximum atomic E-state index is 12.5. The van der Waals surface area contributed by atoms with Gasteiger partial charge in [0, 0.05) is 65.0 Å². The number of piperazine rings is 2. The second kappa shape index (κ2) is 8.21. The second-order valence-corrected chi connectivity index (χ2v) is 6.77. The molecule has 0 aromatic heterocycles. The molecule has 2 aliphatic heterocycles. The molecule has 0 unspecified atom stereocenters. The zero-order valence-corrected chi connectivity index (χ0v) is 15.3. The van der Waals surface area contributed by atoms with Gasteiger partial charge in [0.25, 0.3) is 0 Å². The predicted octanol–water partition coefficient (Wildman–Crippen LogP) is 0.416. The molecule has 0 N–H and O–H groups in total. The second-order valence-electron chi connectivity index (χ2n) is 6.77. The zero-order valence-electron chi connectivity index (χ0n) is 15.3. The van der Waals surface area contributed by atoms with Crippen molar-refractivity contribution in [1.29, 1.82) is 0 Å². The molecule has 7 nitrogen and oxygen atoms in total. The fraction of sp³-hybridized carbons (Fsp3) is 0.526. The first-order chi connectivity index (χ1) is 12.5. The first-order valence-corrected chi connectivity index (χ1v) is 9.15. The van der Waals surface area contributed by atoms with Crippen LogP contribution in [-0.4, -0.2) is 84.8 Å². The van der Waals surface area contributed by atoms with E-state index in [4.69, 9.17) is 0 Å². The molecule has 2 fully saturated rings. The van der Waals surface area contributed by atoms with E-state index in [1.807, 2.05) is 18.2 Å². The minimum absolute atomic E-state index is 0.0319. The lowest BCUT2D eigenvalue weighted by Gasteiger charge is -2.37. The Labute approximate surface area is 154 Å². The number of benzene rings is 1. The van der Waals surface area contributed by atoms with Gasteiger partial charge in [-0.15, -0.1) is 0 Å². The van der Waals surface area contributed by atoms with E-state index in [1.54, 1.807) is 14.7 Å². The molecular weight excluding hydrogens is 332 g/mol. The molecule has 2 saturated heterocycles. The van der Waals surface area contributed by atoms with Crippen LogP contribution in [0.25, 0.3) is 0 Å². The summed E-state index contributed by atoms with van der Waals surface area (Å²) in [6, 6.07) is 10.2. The highest BCUT2D eigenvalue weighted by Crippen LogP contribution is 2.16. The van der Waals surface area contributed by atoms with Crippen molar-refractivity contribution in [2.45, 2.75) is 13.3 Å². The molecule has 0 bridgehead atoms. The minimum Gasteiger partial charge on any atom is -0.368 e. The van der Waals surface area contributed by atoms with E-state index in [-0.39, 0.29) is 24.1 Å². The molecule has 1 aromatic rings. The number of anilines is 1. The topological polar surface area (TPSA) is 64.2 Å². The molecule has 2 heterocycles. The summed E-state index contributed by atoms with van der Waals surface area (Å²) in [4.78, 5) is 43.6. The third-order valence-electron chi connectivity index (χ3n) is 5.13. The van der Waals surface area contributed by atoms with Crippen molar-refractivity contribution < 1.29 is 14.4 Å². The van der Waals surface area contributed by atoms with Crippen molar-refractivity contribution in [3.05, 3.63) is 30.3 Å². The molecule has 3 amide bonds. The lowest BCUT2D eigenvalue weighted by Crippen LogP contribution is -2.52. The first kappa shape index (κ1) is 18.2. The van der Waals surface area contributed by atoms with Crippen LogP contribution in [0.4, 0.5) is 5.69 Å². The first-order valence-electron chi connectivity index (χ1n) is 9.15. The third kappa shape index (κ3) is 4.33. The number of carbonyl (C=O) groups excluding carboxylic acids is 3. The average molecular weight is 358 g/mol. The Hall–Kier alpha value is -2.57. The van der Waals surface area contributed by atoms with Crippen LogP contribution < -0.4 is 4.90 Å². The Morgan fingerprint density at radius 1 is 0.731 bits per heavy atom. The van der Waals surface area contributed by atoms with Gasteiger partial charge in [-0.1, -0.05) is 18.2 Å². The molecule has 0 atom stereocenters. The van der Waals surface area contributed by atoms with Crippen LogP contribution in [0.1, 0.15) is 13.3 Å². The van der Waals surface area contributed by atoms with E-state index in [0.717, 1.165) is 13.1 Å². The van der Waals surface area contributed by atoms with Crippen molar-refractivity contribution in [3.8, 4) is 0 Å². The van der Waals surface area contributed by atoms with Gasteiger partial charge in [-0.25, -0.2) is 0 Å². The maximum absolute atomic E-state index is 12.5. The highest BCUT2D eigenvalue weighted by atomic mass is 16.2. The van der Waals surface area contributed by atoms with Crippen LogP contribution in [0.2, 0.25) is 0 Å². The molecule has 1 aromatic carbocycles. The van der Waals surface area contributed by atoms with E-state index >= 15 is 0 Å². The zero-order chi connectivity index (χ0) is 18.5. The van der Waals surface area contributed by atoms with Gasteiger partial charge in [0.2, 0.25) is 17.7 Å². The number of hydrogen-bond donors (Lipinski definition) is 0. The fourth-order valence-electron chi connectivity index (χ4n) is 3.48. The summed E-state index contributed by atoms with van der Waals surface area (Å²) < 4.78 is 0. The highest BCUT2D eigenvalue weighted by Gasteiger charge is 2.27. The Balaban J connectivity index is 1.44. The molecule has 0 radical (unpaired) electrons. The quantitative estimate of drug-likeness (QED) is 0.735. The molecule has 0 saturated carbocycles. The van der Waals surface area contributed by atoms with Crippen LogP contribution in [0.5, 0.6) is 0 Å². The third-order valence-corrected chi connectivity index (χ3v) is 5.13. The molecular formula is C19H26N4O3. The van der Waals surface area contributed by atoms with Crippen LogP contribution in [-0.2, 0) is 14.4 Å². The summed E-state index contributed by atoms with van der Waals surface area (Å²) in [7, 11) is 0. The van der Waals surface area contributed by atoms with E-state index in [2.05, 4.69) is 17.0 Å². The van der Waals surface area contributed by atoms with Crippen molar-refractivity contribution in [2.75, 3.05) is 57.3 Å². The van der Waals surface area contributed by atoms with E-state index < -0.39 is 0 Å². The summed E-state index contributed by atoms with van der Waals surface area (Å²) in [5.74, 6) is -0.204. The van der Waals surface area contributed by atoms with Gasteiger partial charge in [0.15, 0.2) is 0 Å². The molecule has 0 aliphatic carbocycles. The lowest BCUT2D eigenvalue weighted by molar-refractivity contribution is -0.144. The number of rotatable bonds is 3. The smallest absolute Gasteiger partial charge is 0.232 e. The molecule has 2 aliphatic rings. The van der Waals surface area contributed by atoms with Crippen LogP contribution in [0, 0.1) is 0 Å². The van der Waals surface area contributed by atoms with Gasteiger partial charge in [-0.2, -0.15) is 0 Å². The average Bonchev–Trinajstić information content (AvgIpc) is 2.68. The van der Waals surface area contributed by atoms with E-state index in [1.165, 1.54) is 12.6 Å². The summed E-state index contributed by atoms with van der Waals surface area (Å²) in [5, 5.41) is 0. The largest absolute Gasteiger partial charge is 0.368 e. The summed E-state index contributed by atoms with van der Waals surface area (Å²) in [6.45, 7) is 6.48. The van der Waals surface area contributed by atoms with Crippen LogP contribution >= 0.6 is 0 Å². The van der Waals surface area contributed by atoms with Crippen molar-refractivity contribution in [1.82, 2.24) is 14.7 Å². The van der Waals surface area contributed by atoms with E-state index in [9.17, 15) is 14.4 Å². The normalized spacial score (nSPS) is 18.0. The SMILES string of the molecule is CC(=O)N1CCN(C(=O)CC(=O)N2CCN(c3ccccc3)CC2)CC1. The molecule has 26 heavy (non-hydrogen) atoms. The van der Waals surface area contributed by atoms with Crippen molar-refractivity contribution in [3.63, 3.8) is 0 Å². The molecule has 140 valence electrons. The monoisotopic (exact) mass is 358 g/mol. The maximum Gasteiger partial charge on any atom is 0.232 e. The molecule has 0 spiro atoms. The van der Waals surface area contributed by atoms with Gasteiger partial charge in [-0.05, 0) is 12.1 Å². The summed E-state index contributed by atoms with van der Waals surface area (Å²) in [5.41, 5.74) is 1.17. The number of para-hydroxylation sites is 1. The lowest BCUT2D eigenvalue weighted by atomic mass is 10.2. The van der Waals surface area contributed by atoms with Gasteiger partial charge in [-0.3, -0.25) is 14.4 Å². The highest BCUT2D eigenvalue weighted by molar-refractivity contribution is 5.97. The number of hydrogen-bond acceptors (Lipinski definition) is 4. The Kier molecular flexibility index (Phi) is 5.75. The van der Waals surface area contributed by atoms with Gasteiger partial charge in [0.05, 0.1) is 0 Å². The van der Waals surface area contributed by atoms with Crippen molar-refractivity contribution >= 4 is 23.4 Å². The number of amides is 3. The van der Waals surface area contributed by atoms with Crippen LogP contribution in [0.15, 0.2) is 30.3 Å². The Morgan fingerprint density at radius 2 is 1.19 bits per heavy atom. The summed E-state index contributed by atoms with van der Waals surface area (Å²) in [6.07, 6.45) is -0.0780. The molecule has 3 rings (SSSR count). The summed E-state index contributed by atoms with van der Waals surface area (Å²) >= 11 is 0. The van der Waals surface area contributed by atoms with Crippen molar-refractivity contribution in [2.24, 2.45) is 0 Å².